The zero-order chi connectivity index (χ0) is 20.4. The highest BCUT2D eigenvalue weighted by Gasteiger charge is 2.33. The minimum atomic E-state index is -1.11. The molecule has 148 valence electrons. The molecular weight excluding hydrogens is 376 g/mol. The summed E-state index contributed by atoms with van der Waals surface area (Å²) in [5.74, 6) is 0.549. The first-order valence-electron chi connectivity index (χ1n) is 8.97. The highest BCUT2D eigenvalue weighted by Crippen LogP contribution is 2.43. The number of hydrogen-bond donors (Lipinski definition) is 1. The fourth-order valence-electron chi connectivity index (χ4n) is 3.30. The summed E-state index contributed by atoms with van der Waals surface area (Å²) in [7, 11) is 1.47. The minimum Gasteiger partial charge on any atom is -0.493 e. The topological polar surface area (TPSA) is 114 Å². The van der Waals surface area contributed by atoms with Gasteiger partial charge in [0, 0.05) is 30.1 Å². The maximum atomic E-state index is 12.7. The number of carbonyl (C=O) groups excluding carboxylic acids is 1. The number of benzene rings is 1. The first-order chi connectivity index (χ1) is 14.1. The normalized spacial score (nSPS) is 14.4. The molecule has 0 saturated carbocycles. The van der Waals surface area contributed by atoms with Crippen LogP contribution in [-0.4, -0.2) is 65.2 Å². The predicted octanol–water partition coefficient (Wildman–Crippen LogP) is 1.93. The number of ether oxygens (including phenoxy) is 2. The largest absolute Gasteiger partial charge is 0.493 e. The quantitative estimate of drug-likeness (QED) is 0.714. The lowest BCUT2D eigenvalue weighted by atomic mass is 10.0. The molecule has 4 rings (SSSR count). The van der Waals surface area contributed by atoms with E-state index in [4.69, 9.17) is 14.6 Å². The molecule has 0 unspecified atom stereocenters. The second kappa shape index (κ2) is 7.70. The minimum absolute atomic E-state index is 0.0553. The Morgan fingerprint density at radius 1 is 1.28 bits per heavy atom. The van der Waals surface area contributed by atoms with Gasteiger partial charge in [-0.25, -0.2) is 9.79 Å². The summed E-state index contributed by atoms with van der Waals surface area (Å²) in [5, 5.41) is 9.01. The maximum Gasteiger partial charge on any atom is 0.341 e. The van der Waals surface area contributed by atoms with Crippen LogP contribution in [0.25, 0.3) is 0 Å². The van der Waals surface area contributed by atoms with Crippen molar-refractivity contribution in [1.82, 2.24) is 9.88 Å². The molecule has 0 bridgehead atoms. The number of Topliss-reactive ketones (excluding diaryl/α,β-unsaturated/α-hetero) is 1. The lowest BCUT2D eigenvalue weighted by Crippen LogP contribution is -2.38. The van der Waals surface area contributed by atoms with Crippen molar-refractivity contribution in [3.8, 4) is 11.5 Å². The van der Waals surface area contributed by atoms with Crippen LogP contribution in [0.2, 0.25) is 0 Å². The molecule has 29 heavy (non-hydrogen) atoms. The van der Waals surface area contributed by atoms with Crippen molar-refractivity contribution in [2.24, 2.45) is 9.98 Å². The molecule has 0 saturated heterocycles. The van der Waals surface area contributed by atoms with Crippen LogP contribution in [0.5, 0.6) is 11.5 Å². The summed E-state index contributed by atoms with van der Waals surface area (Å²) in [6.07, 6.45) is 3.18. The van der Waals surface area contributed by atoms with Crippen molar-refractivity contribution in [3.05, 3.63) is 47.8 Å². The first kappa shape index (κ1) is 18.6. The SMILES string of the molecule is COc1ccc2c(c1OCC(=O)O)N=C(CC(=O)c1cccnc1)N1CCN=C21. The molecule has 0 spiro atoms. The number of carboxylic acid groups (broad SMARTS) is 1. The zero-order valence-corrected chi connectivity index (χ0v) is 15.7. The van der Waals surface area contributed by atoms with Gasteiger partial charge in [-0.05, 0) is 24.3 Å². The Bertz CT molecular complexity index is 1030. The third-order valence-corrected chi connectivity index (χ3v) is 4.59. The Hall–Kier alpha value is -3.75. The van der Waals surface area contributed by atoms with Gasteiger partial charge in [-0.15, -0.1) is 0 Å². The van der Waals surface area contributed by atoms with Crippen LogP contribution in [0.1, 0.15) is 22.3 Å². The highest BCUT2D eigenvalue weighted by atomic mass is 16.5. The van der Waals surface area contributed by atoms with Crippen LogP contribution >= 0.6 is 0 Å². The fourth-order valence-corrected chi connectivity index (χ4v) is 3.30. The van der Waals surface area contributed by atoms with Gasteiger partial charge in [0.05, 0.1) is 20.1 Å². The van der Waals surface area contributed by atoms with E-state index < -0.39 is 12.6 Å². The van der Waals surface area contributed by atoms with E-state index in [1.165, 1.54) is 13.3 Å². The molecular formula is C20H18N4O5. The molecule has 0 amide bonds. The first-order valence-corrected chi connectivity index (χ1v) is 8.97. The molecule has 9 nitrogen and oxygen atoms in total. The lowest BCUT2D eigenvalue weighted by Gasteiger charge is -2.28. The number of fused-ring (bicyclic) bond motifs is 3. The Balaban J connectivity index is 1.76. The number of aliphatic imine (C=N–C) groups is 2. The highest BCUT2D eigenvalue weighted by molar-refractivity contribution is 6.21. The van der Waals surface area contributed by atoms with Crippen LogP contribution in [0.4, 0.5) is 5.69 Å². The molecule has 0 atom stereocenters. The Morgan fingerprint density at radius 3 is 2.86 bits per heavy atom. The Labute approximate surface area is 166 Å². The van der Waals surface area contributed by atoms with E-state index in [0.717, 1.165) is 0 Å². The van der Waals surface area contributed by atoms with Crippen molar-refractivity contribution >= 4 is 29.1 Å². The van der Waals surface area contributed by atoms with Crippen LogP contribution in [-0.2, 0) is 4.79 Å². The second-order valence-corrected chi connectivity index (χ2v) is 6.40. The molecule has 2 aromatic rings. The summed E-state index contributed by atoms with van der Waals surface area (Å²) in [4.78, 5) is 38.8. The molecule has 0 radical (unpaired) electrons. The number of nitrogens with zero attached hydrogens (tertiary/aromatic N) is 4. The van der Waals surface area contributed by atoms with Crippen LogP contribution < -0.4 is 9.47 Å². The third kappa shape index (κ3) is 3.54. The van der Waals surface area contributed by atoms with Crippen LogP contribution in [0.15, 0.2) is 46.6 Å². The van der Waals surface area contributed by atoms with E-state index >= 15 is 0 Å². The van der Waals surface area contributed by atoms with Gasteiger partial charge in [-0.2, -0.15) is 0 Å². The van der Waals surface area contributed by atoms with Gasteiger partial charge in [0.1, 0.15) is 17.4 Å². The van der Waals surface area contributed by atoms with Crippen molar-refractivity contribution in [2.75, 3.05) is 26.8 Å². The molecule has 2 aliphatic heterocycles. The van der Waals surface area contributed by atoms with E-state index in [9.17, 15) is 9.59 Å². The number of carboxylic acids is 1. The van der Waals surface area contributed by atoms with Crippen molar-refractivity contribution < 1.29 is 24.2 Å². The van der Waals surface area contributed by atoms with E-state index in [0.29, 0.717) is 47.3 Å². The molecule has 1 N–H and O–H groups in total. The summed E-state index contributed by atoms with van der Waals surface area (Å²) < 4.78 is 10.8. The number of carbonyl (C=O) groups is 2. The Kier molecular flexibility index (Phi) is 4.94. The fraction of sp³-hybridized carbons (Fsp3) is 0.250. The number of hydrogen-bond acceptors (Lipinski definition) is 8. The number of pyridine rings is 1. The van der Waals surface area contributed by atoms with Gasteiger partial charge in [-0.1, -0.05) is 0 Å². The summed E-state index contributed by atoms with van der Waals surface area (Å²) in [6, 6.07) is 6.91. The van der Waals surface area contributed by atoms with Gasteiger partial charge >= 0.3 is 5.97 Å². The van der Waals surface area contributed by atoms with Crippen molar-refractivity contribution in [2.45, 2.75) is 6.42 Å². The molecule has 0 aliphatic carbocycles. The molecule has 2 aliphatic rings. The summed E-state index contributed by atoms with van der Waals surface area (Å²) in [5.41, 5.74) is 1.62. The van der Waals surface area contributed by atoms with Gasteiger partial charge in [-0.3, -0.25) is 14.8 Å². The van der Waals surface area contributed by atoms with E-state index in [1.807, 2.05) is 11.0 Å². The van der Waals surface area contributed by atoms with Crippen molar-refractivity contribution in [3.63, 3.8) is 0 Å². The lowest BCUT2D eigenvalue weighted by molar-refractivity contribution is -0.139. The standard InChI is InChI=1S/C20H18N4O5/c1-28-15-5-4-13-18(19(15)29-11-17(26)27)23-16(24-8-7-22-20(13)24)9-14(25)12-3-2-6-21-10-12/h2-6,10H,7-9,11H2,1H3,(H,26,27). The average molecular weight is 394 g/mol. The number of amidine groups is 2. The van der Waals surface area contributed by atoms with E-state index in [2.05, 4.69) is 15.0 Å². The second-order valence-electron chi connectivity index (χ2n) is 6.40. The third-order valence-electron chi connectivity index (χ3n) is 4.59. The number of rotatable bonds is 7. The van der Waals surface area contributed by atoms with E-state index in [-0.39, 0.29) is 18.0 Å². The maximum absolute atomic E-state index is 12.7. The van der Waals surface area contributed by atoms with Gasteiger partial charge in [0.2, 0.25) is 0 Å². The smallest absolute Gasteiger partial charge is 0.341 e. The van der Waals surface area contributed by atoms with Crippen molar-refractivity contribution in [1.29, 1.82) is 0 Å². The van der Waals surface area contributed by atoms with E-state index in [1.54, 1.807) is 24.4 Å². The number of aliphatic carboxylic acids is 1. The molecule has 1 aromatic carbocycles. The Morgan fingerprint density at radius 2 is 2.14 bits per heavy atom. The van der Waals surface area contributed by atoms with Crippen LogP contribution in [0, 0.1) is 0 Å². The molecule has 0 fully saturated rings. The molecule has 9 heteroatoms. The van der Waals surface area contributed by atoms with Gasteiger partial charge in [0.25, 0.3) is 0 Å². The zero-order valence-electron chi connectivity index (χ0n) is 15.7. The number of aromatic nitrogens is 1. The number of ketones is 1. The molecule has 1 aromatic heterocycles. The summed E-state index contributed by atoms with van der Waals surface area (Å²) >= 11 is 0. The van der Waals surface area contributed by atoms with Gasteiger partial charge in [0.15, 0.2) is 23.9 Å². The van der Waals surface area contributed by atoms with Gasteiger partial charge < -0.3 is 19.5 Å². The number of methoxy groups -OCH3 is 1. The van der Waals surface area contributed by atoms with Crippen LogP contribution in [0.3, 0.4) is 0 Å². The molecule has 3 heterocycles. The monoisotopic (exact) mass is 394 g/mol. The predicted molar refractivity (Wildman–Crippen MR) is 105 cm³/mol. The summed E-state index contributed by atoms with van der Waals surface area (Å²) in [6.45, 7) is 0.653. The average Bonchev–Trinajstić information content (AvgIpc) is 3.23.